The molecule has 6 nitrogen and oxygen atoms in total. The Kier molecular flexibility index (Phi) is 5.59. The first-order valence-electron chi connectivity index (χ1n) is 7.96. The number of amides is 2. The van der Waals surface area contributed by atoms with Gasteiger partial charge in [-0.1, -0.05) is 18.2 Å². The number of hydrogen-bond acceptors (Lipinski definition) is 3. The maximum Gasteiger partial charge on any atom is 0.270 e. The SMILES string of the molecule is O=C(CNC(=O)c1c[nH]c(=S)n1-c1ccccc1)Nc1ccc(F)c(F)c1F. The fourth-order valence-electron chi connectivity index (χ4n) is 2.44. The van der Waals surface area contributed by atoms with Crippen LogP contribution in [0, 0.1) is 22.2 Å². The van der Waals surface area contributed by atoms with Crippen molar-refractivity contribution >= 4 is 29.7 Å². The first-order valence-corrected chi connectivity index (χ1v) is 8.36. The Morgan fingerprint density at radius 1 is 1.04 bits per heavy atom. The van der Waals surface area contributed by atoms with Gasteiger partial charge in [-0.2, -0.15) is 0 Å². The molecule has 0 radical (unpaired) electrons. The minimum atomic E-state index is -1.70. The number of carbonyl (C=O) groups excluding carboxylic acids is 2. The Balaban J connectivity index is 1.69. The smallest absolute Gasteiger partial charge is 0.270 e. The van der Waals surface area contributed by atoms with Crippen molar-refractivity contribution in [3.63, 3.8) is 0 Å². The lowest BCUT2D eigenvalue weighted by molar-refractivity contribution is -0.115. The molecule has 2 aromatic carbocycles. The Bertz CT molecular complexity index is 1100. The summed E-state index contributed by atoms with van der Waals surface area (Å²) in [6.07, 6.45) is 1.39. The van der Waals surface area contributed by atoms with Crippen molar-refractivity contribution in [2.75, 3.05) is 11.9 Å². The number of hydrogen-bond donors (Lipinski definition) is 3. The van der Waals surface area contributed by atoms with Gasteiger partial charge in [-0.3, -0.25) is 14.2 Å². The number of carbonyl (C=O) groups is 2. The molecule has 0 unspecified atom stereocenters. The molecule has 2 amide bonds. The van der Waals surface area contributed by atoms with Gasteiger partial charge in [-0.15, -0.1) is 0 Å². The maximum absolute atomic E-state index is 13.6. The van der Waals surface area contributed by atoms with Gasteiger partial charge < -0.3 is 15.6 Å². The summed E-state index contributed by atoms with van der Waals surface area (Å²) in [6.45, 7) is -0.524. The zero-order chi connectivity index (χ0) is 20.3. The van der Waals surface area contributed by atoms with Gasteiger partial charge in [0.25, 0.3) is 5.91 Å². The molecule has 0 fully saturated rings. The number of nitrogens with zero attached hydrogens (tertiary/aromatic N) is 1. The van der Waals surface area contributed by atoms with Gasteiger partial charge in [0, 0.05) is 11.9 Å². The average Bonchev–Trinajstić information content (AvgIpc) is 3.09. The van der Waals surface area contributed by atoms with Crippen LogP contribution in [0.2, 0.25) is 0 Å². The maximum atomic E-state index is 13.6. The van der Waals surface area contributed by atoms with Crippen LogP contribution in [0.1, 0.15) is 10.5 Å². The Morgan fingerprint density at radius 3 is 2.46 bits per heavy atom. The molecule has 0 spiro atoms. The molecule has 3 N–H and O–H groups in total. The number of halogens is 3. The predicted octanol–water partition coefficient (Wildman–Crippen LogP) is 3.32. The fraction of sp³-hybridized carbons (Fsp3) is 0.0556. The van der Waals surface area contributed by atoms with Crippen molar-refractivity contribution < 1.29 is 22.8 Å². The van der Waals surface area contributed by atoms with Gasteiger partial charge >= 0.3 is 0 Å². The summed E-state index contributed by atoms with van der Waals surface area (Å²) >= 11 is 5.17. The van der Waals surface area contributed by atoms with Crippen LogP contribution in [0.15, 0.2) is 48.7 Å². The second kappa shape index (κ2) is 8.09. The lowest BCUT2D eigenvalue weighted by Crippen LogP contribution is -2.34. The Hall–Kier alpha value is -3.40. The third kappa shape index (κ3) is 3.96. The molecular formula is C18H13F3N4O2S. The van der Waals surface area contributed by atoms with E-state index in [1.54, 1.807) is 30.3 Å². The summed E-state index contributed by atoms with van der Waals surface area (Å²) in [7, 11) is 0. The summed E-state index contributed by atoms with van der Waals surface area (Å²) in [5.74, 6) is -6.03. The first kappa shape index (κ1) is 19.4. The molecule has 1 heterocycles. The average molecular weight is 406 g/mol. The van der Waals surface area contributed by atoms with Crippen molar-refractivity contribution in [3.8, 4) is 5.69 Å². The number of benzene rings is 2. The molecule has 0 saturated heterocycles. The topological polar surface area (TPSA) is 78.9 Å². The highest BCUT2D eigenvalue weighted by Gasteiger charge is 2.17. The summed E-state index contributed by atoms with van der Waals surface area (Å²) < 4.78 is 41.5. The number of anilines is 1. The molecule has 28 heavy (non-hydrogen) atoms. The molecule has 0 aliphatic heterocycles. The minimum absolute atomic E-state index is 0.156. The summed E-state index contributed by atoms with van der Waals surface area (Å²) in [5, 5.41) is 4.43. The number of imidazole rings is 1. The standard InChI is InChI=1S/C18H13F3N4O2S/c19-11-6-7-12(16(21)15(11)20)24-14(26)9-22-17(27)13-8-23-18(28)25(13)10-4-2-1-3-5-10/h1-8H,9H2,(H,22,27)(H,23,28)(H,24,26). The van der Waals surface area contributed by atoms with Gasteiger partial charge in [0.1, 0.15) is 5.69 Å². The number of aromatic nitrogens is 2. The number of H-pyrrole nitrogens is 1. The van der Waals surface area contributed by atoms with Crippen LogP contribution in [0.3, 0.4) is 0 Å². The van der Waals surface area contributed by atoms with Crippen molar-refractivity contribution in [2.24, 2.45) is 0 Å². The third-order valence-corrected chi connectivity index (χ3v) is 4.04. The molecule has 144 valence electrons. The lowest BCUT2D eigenvalue weighted by Gasteiger charge is -2.10. The zero-order valence-corrected chi connectivity index (χ0v) is 14.9. The fourth-order valence-corrected chi connectivity index (χ4v) is 2.70. The number of rotatable bonds is 5. The molecule has 1 aromatic heterocycles. The number of nitrogens with one attached hydrogen (secondary N) is 3. The van der Waals surface area contributed by atoms with Crippen molar-refractivity contribution in [1.82, 2.24) is 14.9 Å². The van der Waals surface area contributed by atoms with E-state index in [2.05, 4.69) is 15.6 Å². The van der Waals surface area contributed by atoms with E-state index in [4.69, 9.17) is 12.2 Å². The van der Waals surface area contributed by atoms with Crippen molar-refractivity contribution in [1.29, 1.82) is 0 Å². The van der Waals surface area contributed by atoms with E-state index in [1.165, 1.54) is 10.8 Å². The van der Waals surface area contributed by atoms with Crippen LogP contribution in [0.25, 0.3) is 5.69 Å². The van der Waals surface area contributed by atoms with Crippen LogP contribution in [-0.2, 0) is 4.79 Å². The molecular weight excluding hydrogens is 393 g/mol. The Labute approximate surface area is 162 Å². The highest BCUT2D eigenvalue weighted by molar-refractivity contribution is 7.71. The highest BCUT2D eigenvalue weighted by Crippen LogP contribution is 2.19. The van der Waals surface area contributed by atoms with E-state index in [0.717, 1.165) is 6.07 Å². The second-order valence-corrected chi connectivity index (χ2v) is 5.99. The van der Waals surface area contributed by atoms with E-state index in [-0.39, 0.29) is 10.5 Å². The molecule has 3 aromatic rings. The van der Waals surface area contributed by atoms with Gasteiger partial charge in [0.15, 0.2) is 22.2 Å². The first-order chi connectivity index (χ1) is 13.4. The van der Waals surface area contributed by atoms with E-state index >= 15 is 0 Å². The summed E-state index contributed by atoms with van der Waals surface area (Å²) in [5.41, 5.74) is 0.266. The molecule has 0 bridgehead atoms. The highest BCUT2D eigenvalue weighted by atomic mass is 32.1. The van der Waals surface area contributed by atoms with Gasteiger partial charge in [-0.25, -0.2) is 13.2 Å². The molecule has 3 rings (SSSR count). The lowest BCUT2D eigenvalue weighted by atomic mass is 10.2. The van der Waals surface area contributed by atoms with Crippen molar-refractivity contribution in [3.05, 3.63) is 76.6 Å². The Morgan fingerprint density at radius 2 is 1.75 bits per heavy atom. The van der Waals surface area contributed by atoms with Crippen LogP contribution in [-0.4, -0.2) is 27.9 Å². The van der Waals surface area contributed by atoms with E-state index in [0.29, 0.717) is 11.8 Å². The van der Waals surface area contributed by atoms with Crippen molar-refractivity contribution in [2.45, 2.75) is 0 Å². The minimum Gasteiger partial charge on any atom is -0.342 e. The molecule has 0 aliphatic carbocycles. The van der Waals surface area contributed by atoms with E-state index < -0.39 is 41.5 Å². The monoisotopic (exact) mass is 406 g/mol. The van der Waals surface area contributed by atoms with Crippen LogP contribution in [0.4, 0.5) is 18.9 Å². The molecule has 0 atom stereocenters. The zero-order valence-electron chi connectivity index (χ0n) is 14.1. The van der Waals surface area contributed by atoms with Gasteiger partial charge in [-0.05, 0) is 36.5 Å². The summed E-state index contributed by atoms with van der Waals surface area (Å²) in [4.78, 5) is 27.1. The van der Waals surface area contributed by atoms with Gasteiger partial charge in [0.05, 0.1) is 12.2 Å². The van der Waals surface area contributed by atoms with Crippen LogP contribution in [0.5, 0.6) is 0 Å². The molecule has 10 heteroatoms. The molecule has 0 saturated carbocycles. The molecule has 0 aliphatic rings. The normalized spacial score (nSPS) is 10.5. The van der Waals surface area contributed by atoms with Gasteiger partial charge in [0.2, 0.25) is 5.91 Å². The number of aromatic amines is 1. The number of para-hydroxylation sites is 1. The van der Waals surface area contributed by atoms with E-state index in [9.17, 15) is 22.8 Å². The van der Waals surface area contributed by atoms with Crippen LogP contribution < -0.4 is 10.6 Å². The second-order valence-electron chi connectivity index (χ2n) is 5.60. The quantitative estimate of drug-likeness (QED) is 0.449. The van der Waals surface area contributed by atoms with Crippen LogP contribution >= 0.6 is 12.2 Å². The third-order valence-electron chi connectivity index (χ3n) is 3.74. The predicted molar refractivity (Wildman–Crippen MR) is 98.2 cm³/mol. The van der Waals surface area contributed by atoms with E-state index in [1.807, 2.05) is 0 Å². The largest absolute Gasteiger partial charge is 0.342 e. The summed E-state index contributed by atoms with van der Waals surface area (Å²) in [6, 6.07) is 10.4.